The highest BCUT2D eigenvalue weighted by Crippen LogP contribution is 2.56. The Hall–Kier alpha value is -5.23. The van der Waals surface area contributed by atoms with Crippen molar-refractivity contribution in [1.82, 2.24) is 0 Å². The molecule has 3 unspecified atom stereocenters. The van der Waals surface area contributed by atoms with Gasteiger partial charge in [-0.1, -0.05) is 52.0 Å². The van der Waals surface area contributed by atoms with Crippen molar-refractivity contribution >= 4 is 17.9 Å². The molecule has 0 fully saturated rings. The fourth-order valence-electron chi connectivity index (χ4n) is 5.67. The molecular formula is C40H42F10O9. The van der Waals surface area contributed by atoms with Crippen molar-refractivity contribution in [3.8, 4) is 17.2 Å². The highest BCUT2D eigenvalue weighted by molar-refractivity contribution is 5.76. The number of carbonyl (C=O) groups is 3. The van der Waals surface area contributed by atoms with Gasteiger partial charge < -0.3 is 28.4 Å². The Morgan fingerprint density at radius 1 is 0.542 bits per heavy atom. The molecule has 0 spiro atoms. The first-order chi connectivity index (χ1) is 27.7. The summed E-state index contributed by atoms with van der Waals surface area (Å²) in [6.45, 7) is 4.15. The van der Waals surface area contributed by atoms with Crippen LogP contribution in [0.15, 0.2) is 54.6 Å². The van der Waals surface area contributed by atoms with E-state index in [9.17, 15) is 58.3 Å². The van der Waals surface area contributed by atoms with Crippen LogP contribution in [0.1, 0.15) is 58.1 Å². The molecular weight excluding hydrogens is 814 g/mol. The zero-order valence-corrected chi connectivity index (χ0v) is 32.2. The van der Waals surface area contributed by atoms with Crippen LogP contribution in [-0.2, 0) is 34.0 Å². The first-order valence-electron chi connectivity index (χ1n) is 18.2. The van der Waals surface area contributed by atoms with E-state index in [0.717, 1.165) is 24.3 Å². The zero-order valence-electron chi connectivity index (χ0n) is 32.2. The fraction of sp³-hybridized carbons (Fsp3) is 0.475. The summed E-state index contributed by atoms with van der Waals surface area (Å²) in [5.74, 6) is -12.6. The number of halogens is 10. The smallest absolute Gasteiger partial charge is 0.411 e. The van der Waals surface area contributed by atoms with Gasteiger partial charge in [0.2, 0.25) is 17.0 Å². The lowest BCUT2D eigenvalue weighted by Crippen LogP contribution is -2.54. The SMILES string of the molecule is CCC(C)C(=O)OCCOc1ccc(C(c2ccc(OCCOC(=O)C(CC)CC(C)C(=O)OCCOc3c(F)c(F)cc(F)c3F)cc2)(C(F)(F)F)C(F)(F)F)cc1. The average molecular weight is 857 g/mol. The zero-order chi connectivity index (χ0) is 44.1. The second-order valence-corrected chi connectivity index (χ2v) is 13.2. The third kappa shape index (κ3) is 12.2. The van der Waals surface area contributed by atoms with Crippen LogP contribution in [0, 0.1) is 41.0 Å². The minimum absolute atomic E-state index is 0.00193. The van der Waals surface area contributed by atoms with E-state index in [1.54, 1.807) is 20.8 Å². The Balaban J connectivity index is 1.55. The van der Waals surface area contributed by atoms with Gasteiger partial charge in [-0.3, -0.25) is 14.4 Å². The van der Waals surface area contributed by atoms with Crippen molar-refractivity contribution in [2.75, 3.05) is 39.6 Å². The van der Waals surface area contributed by atoms with Gasteiger partial charge in [0.1, 0.15) is 51.1 Å². The van der Waals surface area contributed by atoms with Crippen LogP contribution in [0.5, 0.6) is 17.2 Å². The van der Waals surface area contributed by atoms with Gasteiger partial charge in [0.15, 0.2) is 17.4 Å². The van der Waals surface area contributed by atoms with E-state index in [-0.39, 0.29) is 62.8 Å². The molecule has 59 heavy (non-hydrogen) atoms. The number of ether oxygens (including phenoxy) is 6. The summed E-state index contributed by atoms with van der Waals surface area (Å²) in [4.78, 5) is 36.9. The molecule has 3 aromatic carbocycles. The minimum Gasteiger partial charge on any atom is -0.490 e. The summed E-state index contributed by atoms with van der Waals surface area (Å²) < 4.78 is 172. The molecule has 9 nitrogen and oxygen atoms in total. The van der Waals surface area contributed by atoms with Gasteiger partial charge in [0.05, 0.1) is 17.8 Å². The Labute approximate surface area is 332 Å². The summed E-state index contributed by atoms with van der Waals surface area (Å²) in [6.07, 6.45) is -11.0. The van der Waals surface area contributed by atoms with E-state index >= 15 is 0 Å². The van der Waals surface area contributed by atoms with Crippen LogP contribution in [0.2, 0.25) is 0 Å². The first kappa shape index (κ1) is 48.1. The van der Waals surface area contributed by atoms with E-state index in [4.69, 9.17) is 23.7 Å². The maximum absolute atomic E-state index is 14.6. The number of alkyl halides is 6. The summed E-state index contributed by atoms with van der Waals surface area (Å²) in [7, 11) is 0. The summed E-state index contributed by atoms with van der Waals surface area (Å²) >= 11 is 0. The van der Waals surface area contributed by atoms with Crippen LogP contribution >= 0.6 is 0 Å². The maximum Gasteiger partial charge on any atom is 0.411 e. The molecule has 0 aliphatic rings. The summed E-state index contributed by atoms with van der Waals surface area (Å²) in [5, 5.41) is 0. The van der Waals surface area contributed by atoms with Gasteiger partial charge in [0.25, 0.3) is 0 Å². The second kappa shape index (κ2) is 21.2. The van der Waals surface area contributed by atoms with E-state index in [1.807, 2.05) is 0 Å². The average Bonchev–Trinajstić information content (AvgIpc) is 3.18. The van der Waals surface area contributed by atoms with Crippen molar-refractivity contribution in [2.24, 2.45) is 17.8 Å². The van der Waals surface area contributed by atoms with Gasteiger partial charge in [-0.05, 0) is 54.7 Å². The molecule has 0 saturated heterocycles. The molecule has 326 valence electrons. The lowest BCUT2D eigenvalue weighted by molar-refractivity contribution is -0.288. The van der Waals surface area contributed by atoms with Crippen molar-refractivity contribution in [3.63, 3.8) is 0 Å². The number of carbonyl (C=O) groups excluding carboxylic acids is 3. The molecule has 3 atom stereocenters. The largest absolute Gasteiger partial charge is 0.490 e. The standard InChI is InChI=1S/C40H42F10O9/c1-5-23(3)35(51)57-18-15-54-28-11-7-26(8-12-28)38(39(45,46)47,40(48,49)50)27-9-13-29(14-10-27)55-16-19-59-37(53)25(6-2)21-24(4)36(52)58-20-17-56-34-32(43)30(41)22-31(42)33(34)44/h7-14,22-25H,5-6,15-21H2,1-4H3. The van der Waals surface area contributed by atoms with Crippen molar-refractivity contribution < 1.29 is 86.7 Å². The molecule has 3 aromatic rings. The number of benzene rings is 3. The molecule has 0 amide bonds. The van der Waals surface area contributed by atoms with Gasteiger partial charge in [0, 0.05) is 6.07 Å². The Morgan fingerprint density at radius 3 is 1.32 bits per heavy atom. The molecule has 0 saturated carbocycles. The highest BCUT2D eigenvalue weighted by atomic mass is 19.4. The van der Waals surface area contributed by atoms with Crippen molar-refractivity contribution in [2.45, 2.75) is 64.7 Å². The van der Waals surface area contributed by atoms with E-state index in [0.29, 0.717) is 30.7 Å². The predicted octanol–water partition coefficient (Wildman–Crippen LogP) is 9.22. The van der Waals surface area contributed by atoms with Crippen LogP contribution in [-0.4, -0.2) is 69.9 Å². The molecule has 0 heterocycles. The Bertz CT molecular complexity index is 1810. The second-order valence-electron chi connectivity index (χ2n) is 13.2. The Kier molecular flexibility index (Phi) is 17.3. The number of rotatable bonds is 21. The van der Waals surface area contributed by atoms with Crippen LogP contribution < -0.4 is 14.2 Å². The van der Waals surface area contributed by atoms with Crippen molar-refractivity contribution in [3.05, 3.63) is 89.0 Å². The van der Waals surface area contributed by atoms with Crippen LogP contribution in [0.25, 0.3) is 0 Å². The van der Waals surface area contributed by atoms with Crippen LogP contribution in [0.4, 0.5) is 43.9 Å². The van der Waals surface area contributed by atoms with E-state index < -0.39 is 101 Å². The van der Waals surface area contributed by atoms with E-state index in [2.05, 4.69) is 4.74 Å². The monoisotopic (exact) mass is 856 g/mol. The molecule has 19 heteroatoms. The fourth-order valence-corrected chi connectivity index (χ4v) is 5.67. The van der Waals surface area contributed by atoms with Crippen LogP contribution in [0.3, 0.4) is 0 Å². The lowest BCUT2D eigenvalue weighted by atomic mass is 9.73. The molecule has 0 radical (unpaired) electrons. The molecule has 0 aliphatic heterocycles. The summed E-state index contributed by atoms with van der Waals surface area (Å²) in [5.41, 5.74) is -6.74. The summed E-state index contributed by atoms with van der Waals surface area (Å²) in [6, 6.07) is 6.23. The molecule has 0 bridgehead atoms. The molecule has 0 aliphatic carbocycles. The van der Waals surface area contributed by atoms with Gasteiger partial charge in [-0.2, -0.15) is 35.1 Å². The number of esters is 3. The third-order valence-electron chi connectivity index (χ3n) is 9.14. The normalized spacial score (nSPS) is 13.5. The highest BCUT2D eigenvalue weighted by Gasteiger charge is 2.72. The maximum atomic E-state index is 14.6. The van der Waals surface area contributed by atoms with Gasteiger partial charge >= 0.3 is 30.3 Å². The van der Waals surface area contributed by atoms with Gasteiger partial charge in [-0.25, -0.2) is 8.78 Å². The first-order valence-corrected chi connectivity index (χ1v) is 18.2. The quantitative estimate of drug-likeness (QED) is 0.0341. The topological polar surface area (TPSA) is 107 Å². The Morgan fingerprint density at radius 2 is 0.932 bits per heavy atom. The molecule has 0 aromatic heterocycles. The molecule has 3 rings (SSSR count). The number of hydrogen-bond donors (Lipinski definition) is 0. The third-order valence-corrected chi connectivity index (χ3v) is 9.14. The van der Waals surface area contributed by atoms with Gasteiger partial charge in [-0.15, -0.1) is 0 Å². The lowest BCUT2D eigenvalue weighted by Gasteiger charge is -2.38. The number of hydrogen-bond acceptors (Lipinski definition) is 9. The van der Waals surface area contributed by atoms with Crippen molar-refractivity contribution in [1.29, 1.82) is 0 Å². The minimum atomic E-state index is -5.86. The molecule has 0 N–H and O–H groups in total. The predicted molar refractivity (Wildman–Crippen MR) is 188 cm³/mol. The van der Waals surface area contributed by atoms with E-state index in [1.165, 1.54) is 6.92 Å².